The summed E-state index contributed by atoms with van der Waals surface area (Å²) in [7, 11) is -3.76. The molecule has 0 unspecified atom stereocenters. The van der Waals surface area contributed by atoms with E-state index in [-0.39, 0.29) is 13.0 Å². The molecule has 0 spiro atoms. The van der Waals surface area contributed by atoms with Gasteiger partial charge in [-0.25, -0.2) is 18.2 Å². The second kappa shape index (κ2) is 3.81. The zero-order valence-electron chi connectivity index (χ0n) is 10.6. The summed E-state index contributed by atoms with van der Waals surface area (Å²) < 4.78 is 25.1. The first-order valence-electron chi connectivity index (χ1n) is 6.02. The molecule has 0 bridgehead atoms. The first-order chi connectivity index (χ1) is 9.29. The van der Waals surface area contributed by atoms with Crippen LogP contribution in [0.15, 0.2) is 18.7 Å². The number of carboxylic acid groups (broad SMARTS) is 1. The zero-order chi connectivity index (χ0) is 14.7. The third kappa shape index (κ3) is 1.41. The summed E-state index contributed by atoms with van der Waals surface area (Å²) in [6.07, 6.45) is 4.35. The van der Waals surface area contributed by atoms with Crippen LogP contribution >= 0.6 is 0 Å². The summed E-state index contributed by atoms with van der Waals surface area (Å²) in [5, 5.41) is 8.36. The lowest BCUT2D eigenvalue weighted by molar-refractivity contribution is -0.157. The largest absolute Gasteiger partial charge is 0.480 e. The van der Waals surface area contributed by atoms with Crippen LogP contribution in [0, 0.1) is 0 Å². The van der Waals surface area contributed by atoms with Gasteiger partial charge in [-0.1, -0.05) is 0 Å². The number of aliphatic carboxylic acids is 1. The molecule has 20 heavy (non-hydrogen) atoms. The van der Waals surface area contributed by atoms with Gasteiger partial charge in [-0.15, -0.1) is 0 Å². The lowest BCUT2D eigenvalue weighted by Gasteiger charge is -2.35. The van der Waals surface area contributed by atoms with Crippen LogP contribution in [0.2, 0.25) is 0 Å². The van der Waals surface area contributed by atoms with Gasteiger partial charge in [0.25, 0.3) is 0 Å². The Kier molecular flexibility index (Phi) is 2.50. The molecule has 2 aliphatic rings. The molecular weight excluding hydrogens is 286 g/mol. The summed E-state index contributed by atoms with van der Waals surface area (Å²) in [6, 6.07) is -1.36. The van der Waals surface area contributed by atoms with Gasteiger partial charge in [0.1, 0.15) is 10.1 Å². The Balaban J connectivity index is 2.10. The molecule has 108 valence electrons. The molecule has 0 saturated carbocycles. The van der Waals surface area contributed by atoms with E-state index in [1.807, 2.05) is 0 Å². The number of amides is 1. The topological polar surface area (TPSA) is 110 Å². The highest BCUT2D eigenvalue weighted by atomic mass is 32.2. The molecule has 1 aromatic heterocycles. The molecule has 1 amide bonds. The molecule has 2 fully saturated rings. The number of hydrogen-bond acceptors (Lipinski definition) is 5. The standard InChI is InChI=1S/C11H13N3O5S/c1-11(5-13-3-2-12-6-13)9(10(16)17)14-7(15)4-8(14)20(11,18)19/h2-3,6,8-9H,4-5H2,1H3,(H,16,17)/t8-,9-,11-/m0/s1. The molecule has 3 atom stereocenters. The van der Waals surface area contributed by atoms with Gasteiger partial charge in [0.2, 0.25) is 5.91 Å². The number of rotatable bonds is 3. The fraction of sp³-hybridized carbons (Fsp3) is 0.545. The minimum Gasteiger partial charge on any atom is -0.480 e. The normalized spacial score (nSPS) is 34.6. The maximum atomic E-state index is 12.6. The van der Waals surface area contributed by atoms with Crippen LogP contribution < -0.4 is 0 Å². The second-order valence-corrected chi connectivity index (χ2v) is 7.86. The number of hydrogen-bond donors (Lipinski definition) is 1. The van der Waals surface area contributed by atoms with Gasteiger partial charge in [0, 0.05) is 18.9 Å². The fourth-order valence-corrected chi connectivity index (χ4v) is 5.41. The van der Waals surface area contributed by atoms with E-state index in [1.165, 1.54) is 24.0 Å². The summed E-state index contributed by atoms with van der Waals surface area (Å²) >= 11 is 0. The third-order valence-electron chi connectivity index (χ3n) is 4.10. The highest BCUT2D eigenvalue weighted by molar-refractivity contribution is 7.93. The summed E-state index contributed by atoms with van der Waals surface area (Å²) in [5.41, 5.74) is 0. The SMILES string of the molecule is C[C@]1(Cn2ccnc2)[C@H](C(=O)O)N2C(=O)C[C@@H]2S1(=O)=O. The Morgan fingerprint density at radius 1 is 1.60 bits per heavy atom. The number of carboxylic acids is 1. The molecule has 0 radical (unpaired) electrons. The summed E-state index contributed by atoms with van der Waals surface area (Å²) in [5.74, 6) is -1.73. The highest BCUT2D eigenvalue weighted by Gasteiger charge is 2.69. The molecule has 9 heteroatoms. The summed E-state index contributed by atoms with van der Waals surface area (Å²) in [4.78, 5) is 27.9. The lowest BCUT2D eigenvalue weighted by atomic mass is 9.96. The van der Waals surface area contributed by atoms with Gasteiger partial charge >= 0.3 is 5.97 Å². The molecule has 0 aromatic carbocycles. The molecular formula is C11H13N3O5S. The number of imidazole rings is 1. The van der Waals surface area contributed by atoms with E-state index in [0.717, 1.165) is 4.90 Å². The Labute approximate surface area is 114 Å². The first kappa shape index (κ1) is 13.1. The van der Waals surface area contributed by atoms with Gasteiger partial charge in [-0.05, 0) is 6.92 Å². The average Bonchev–Trinajstić information content (AvgIpc) is 2.87. The smallest absolute Gasteiger partial charge is 0.328 e. The van der Waals surface area contributed by atoms with E-state index in [1.54, 1.807) is 6.20 Å². The van der Waals surface area contributed by atoms with Crippen LogP contribution in [0.25, 0.3) is 0 Å². The van der Waals surface area contributed by atoms with Crippen molar-refractivity contribution >= 4 is 21.7 Å². The van der Waals surface area contributed by atoms with Crippen molar-refractivity contribution in [2.75, 3.05) is 0 Å². The molecule has 1 N–H and O–H groups in total. The molecule has 2 saturated heterocycles. The Hall–Kier alpha value is -1.90. The monoisotopic (exact) mass is 299 g/mol. The van der Waals surface area contributed by atoms with Gasteiger partial charge < -0.3 is 14.6 Å². The van der Waals surface area contributed by atoms with Crippen LogP contribution in [0.3, 0.4) is 0 Å². The van der Waals surface area contributed by atoms with Crippen molar-refractivity contribution in [2.45, 2.75) is 36.1 Å². The van der Waals surface area contributed by atoms with Crippen LogP contribution in [0.4, 0.5) is 0 Å². The minimum atomic E-state index is -3.76. The highest BCUT2D eigenvalue weighted by Crippen LogP contribution is 2.46. The van der Waals surface area contributed by atoms with Crippen molar-refractivity contribution in [1.29, 1.82) is 0 Å². The quantitative estimate of drug-likeness (QED) is 0.723. The summed E-state index contributed by atoms with van der Waals surface area (Å²) in [6.45, 7) is 1.33. The van der Waals surface area contributed by atoms with Crippen molar-refractivity contribution in [2.24, 2.45) is 0 Å². The average molecular weight is 299 g/mol. The van der Waals surface area contributed by atoms with E-state index in [4.69, 9.17) is 0 Å². The van der Waals surface area contributed by atoms with Crippen LogP contribution in [-0.2, 0) is 26.0 Å². The van der Waals surface area contributed by atoms with Gasteiger partial charge in [0.05, 0.1) is 12.7 Å². The van der Waals surface area contributed by atoms with Gasteiger partial charge in [0.15, 0.2) is 15.9 Å². The number of β-lactam (4-membered cyclic amide) rings is 1. The van der Waals surface area contributed by atoms with Gasteiger partial charge in [-0.3, -0.25) is 4.79 Å². The van der Waals surface area contributed by atoms with E-state index in [0.29, 0.717) is 0 Å². The first-order valence-corrected chi connectivity index (χ1v) is 7.57. The maximum absolute atomic E-state index is 12.6. The minimum absolute atomic E-state index is 0.0490. The molecule has 1 aromatic rings. The van der Waals surface area contributed by atoms with E-state index in [9.17, 15) is 23.1 Å². The van der Waals surface area contributed by atoms with Crippen molar-refractivity contribution < 1.29 is 23.1 Å². The van der Waals surface area contributed by atoms with Crippen molar-refractivity contribution in [1.82, 2.24) is 14.5 Å². The number of carbonyl (C=O) groups is 2. The lowest BCUT2D eigenvalue weighted by Crippen LogP contribution is -2.57. The number of nitrogens with zero attached hydrogens (tertiary/aromatic N) is 3. The number of sulfone groups is 1. The van der Waals surface area contributed by atoms with Crippen LogP contribution in [0.1, 0.15) is 13.3 Å². The Bertz CT molecular complexity index is 683. The Morgan fingerprint density at radius 2 is 2.30 bits per heavy atom. The molecule has 3 rings (SSSR count). The van der Waals surface area contributed by atoms with Crippen LogP contribution in [-0.4, -0.2) is 56.0 Å². The second-order valence-electron chi connectivity index (χ2n) is 5.29. The van der Waals surface area contributed by atoms with E-state index >= 15 is 0 Å². The van der Waals surface area contributed by atoms with Gasteiger partial charge in [-0.2, -0.15) is 0 Å². The predicted octanol–water partition coefficient (Wildman–Crippen LogP) is -0.918. The third-order valence-corrected chi connectivity index (χ3v) is 6.86. The zero-order valence-corrected chi connectivity index (χ0v) is 11.4. The van der Waals surface area contributed by atoms with Crippen molar-refractivity contribution in [3.8, 4) is 0 Å². The van der Waals surface area contributed by atoms with E-state index in [2.05, 4.69) is 4.98 Å². The van der Waals surface area contributed by atoms with Crippen molar-refractivity contribution in [3.05, 3.63) is 18.7 Å². The maximum Gasteiger partial charge on any atom is 0.328 e. The number of aromatic nitrogens is 2. The predicted molar refractivity (Wildman–Crippen MR) is 66.2 cm³/mol. The number of carbonyl (C=O) groups excluding carboxylic acids is 1. The van der Waals surface area contributed by atoms with E-state index < -0.39 is 37.9 Å². The molecule has 2 aliphatic heterocycles. The number of fused-ring (bicyclic) bond motifs is 1. The Morgan fingerprint density at radius 3 is 2.80 bits per heavy atom. The van der Waals surface area contributed by atoms with Crippen LogP contribution in [0.5, 0.6) is 0 Å². The molecule has 0 aliphatic carbocycles. The molecule has 3 heterocycles. The molecule has 8 nitrogen and oxygen atoms in total. The fourth-order valence-electron chi connectivity index (χ4n) is 3.03. The van der Waals surface area contributed by atoms with Crippen molar-refractivity contribution in [3.63, 3.8) is 0 Å².